The van der Waals surface area contributed by atoms with Gasteiger partial charge in [0.25, 0.3) is 11.8 Å². The predicted molar refractivity (Wildman–Crippen MR) is 102 cm³/mol. The van der Waals surface area contributed by atoms with E-state index >= 15 is 0 Å². The summed E-state index contributed by atoms with van der Waals surface area (Å²) in [5.41, 5.74) is 0.622. The van der Waals surface area contributed by atoms with Gasteiger partial charge in [0.2, 0.25) is 0 Å². The van der Waals surface area contributed by atoms with Gasteiger partial charge < -0.3 is 15.4 Å². The summed E-state index contributed by atoms with van der Waals surface area (Å²) in [6.45, 7) is 0. The first kappa shape index (κ1) is 18.7. The normalized spacial score (nSPS) is 10.0. The van der Waals surface area contributed by atoms with Crippen LogP contribution >= 0.6 is 0 Å². The summed E-state index contributed by atoms with van der Waals surface area (Å²) < 4.78 is 4.60. The third kappa shape index (κ3) is 4.55. The van der Waals surface area contributed by atoms with Crippen molar-refractivity contribution >= 4 is 29.4 Å². The number of anilines is 2. The highest BCUT2D eigenvalue weighted by atomic mass is 16.5. The lowest BCUT2D eigenvalue weighted by Crippen LogP contribution is -2.18. The summed E-state index contributed by atoms with van der Waals surface area (Å²) in [5, 5.41) is 5.20. The van der Waals surface area contributed by atoms with Gasteiger partial charge in [-0.1, -0.05) is 30.3 Å². The second-order valence-corrected chi connectivity index (χ2v) is 5.58. The molecule has 28 heavy (non-hydrogen) atoms. The van der Waals surface area contributed by atoms with Crippen molar-refractivity contribution in [3.05, 3.63) is 83.7 Å². The van der Waals surface area contributed by atoms with Crippen molar-refractivity contribution in [3.8, 4) is 0 Å². The Hall–Kier alpha value is -4.07. The Labute approximate surface area is 160 Å². The number of benzene rings is 1. The second-order valence-electron chi connectivity index (χ2n) is 5.58. The number of ether oxygens (including phenoxy) is 1. The molecule has 0 aliphatic rings. The van der Waals surface area contributed by atoms with Gasteiger partial charge in [0, 0.05) is 5.56 Å². The summed E-state index contributed by atoms with van der Waals surface area (Å²) in [6, 6.07) is 17.9. The third-order valence-corrected chi connectivity index (χ3v) is 3.64. The predicted octanol–water partition coefficient (Wildman–Crippen LogP) is 2.77. The van der Waals surface area contributed by atoms with Crippen molar-refractivity contribution in [3.63, 3.8) is 0 Å². The molecule has 0 aliphatic heterocycles. The number of nitrogens with one attached hydrogen (secondary N) is 2. The Bertz CT molecular complexity index is 1020. The summed E-state index contributed by atoms with van der Waals surface area (Å²) in [7, 11) is 1.24. The van der Waals surface area contributed by atoms with Crippen LogP contribution in [0.25, 0.3) is 0 Å². The molecule has 0 radical (unpaired) electrons. The lowest BCUT2D eigenvalue weighted by Gasteiger charge is -2.08. The van der Waals surface area contributed by atoms with Crippen LogP contribution in [0.15, 0.2) is 66.7 Å². The van der Waals surface area contributed by atoms with Gasteiger partial charge in [0.1, 0.15) is 17.3 Å². The number of rotatable bonds is 5. The Morgan fingerprint density at radius 2 is 1.29 bits per heavy atom. The highest BCUT2D eigenvalue weighted by Crippen LogP contribution is 2.11. The van der Waals surface area contributed by atoms with Gasteiger partial charge in [0.15, 0.2) is 5.69 Å². The average Bonchev–Trinajstić information content (AvgIpc) is 2.74. The zero-order valence-corrected chi connectivity index (χ0v) is 14.9. The monoisotopic (exact) mass is 376 g/mol. The number of methoxy groups -OCH3 is 1. The van der Waals surface area contributed by atoms with Crippen LogP contribution < -0.4 is 10.6 Å². The largest absolute Gasteiger partial charge is 0.464 e. The standard InChI is InChI=1S/C20H16N4O4/c1-28-20(27)15-10-6-12-17(22-15)24-19(26)14-9-5-11-16(21-14)23-18(25)13-7-3-2-4-8-13/h2-12H,1H3,(H,21,23,25)(H,22,24,26). The number of pyridine rings is 2. The SMILES string of the molecule is COC(=O)c1cccc(NC(=O)c2cccc(NC(=O)c3ccccc3)n2)n1. The van der Waals surface area contributed by atoms with Gasteiger partial charge >= 0.3 is 5.97 Å². The highest BCUT2D eigenvalue weighted by molar-refractivity contribution is 6.05. The summed E-state index contributed by atoms with van der Waals surface area (Å²) in [4.78, 5) is 44.3. The van der Waals surface area contributed by atoms with Crippen molar-refractivity contribution in [2.45, 2.75) is 0 Å². The molecule has 8 heteroatoms. The van der Waals surface area contributed by atoms with Gasteiger partial charge in [-0.3, -0.25) is 9.59 Å². The lowest BCUT2D eigenvalue weighted by atomic mass is 10.2. The number of esters is 1. The van der Waals surface area contributed by atoms with E-state index in [1.165, 1.54) is 25.3 Å². The van der Waals surface area contributed by atoms with E-state index in [9.17, 15) is 14.4 Å². The minimum absolute atomic E-state index is 0.0668. The molecule has 2 heterocycles. The fourth-order valence-corrected chi connectivity index (χ4v) is 2.31. The number of aromatic nitrogens is 2. The van der Waals surface area contributed by atoms with Gasteiger partial charge in [0.05, 0.1) is 7.11 Å². The zero-order chi connectivity index (χ0) is 19.9. The van der Waals surface area contributed by atoms with E-state index < -0.39 is 11.9 Å². The van der Waals surface area contributed by atoms with E-state index in [1.807, 2.05) is 6.07 Å². The van der Waals surface area contributed by atoms with Crippen LogP contribution in [0.3, 0.4) is 0 Å². The van der Waals surface area contributed by atoms with Gasteiger partial charge in [-0.25, -0.2) is 14.8 Å². The fourth-order valence-electron chi connectivity index (χ4n) is 2.31. The van der Waals surface area contributed by atoms with Crippen molar-refractivity contribution in [2.75, 3.05) is 17.7 Å². The Morgan fingerprint density at radius 1 is 0.714 bits per heavy atom. The maximum Gasteiger partial charge on any atom is 0.356 e. The first-order valence-electron chi connectivity index (χ1n) is 8.27. The molecule has 1 aromatic carbocycles. The van der Waals surface area contributed by atoms with E-state index in [1.54, 1.807) is 42.5 Å². The molecule has 0 bridgehead atoms. The molecule has 2 amide bonds. The summed E-state index contributed by atoms with van der Waals surface area (Å²) in [5.74, 6) is -1.07. The third-order valence-electron chi connectivity index (χ3n) is 3.64. The lowest BCUT2D eigenvalue weighted by molar-refractivity contribution is 0.0593. The molecule has 8 nitrogen and oxygen atoms in total. The summed E-state index contributed by atoms with van der Waals surface area (Å²) in [6.07, 6.45) is 0. The van der Waals surface area contributed by atoms with Crippen LogP contribution in [0.5, 0.6) is 0 Å². The molecule has 0 unspecified atom stereocenters. The number of hydrogen-bond donors (Lipinski definition) is 2. The van der Waals surface area contributed by atoms with Crippen LogP contribution in [0.1, 0.15) is 31.3 Å². The first-order chi connectivity index (χ1) is 13.6. The molecule has 140 valence electrons. The van der Waals surface area contributed by atoms with E-state index in [4.69, 9.17) is 0 Å². The number of carbonyl (C=O) groups is 3. The van der Waals surface area contributed by atoms with E-state index in [0.29, 0.717) is 5.56 Å². The maximum atomic E-state index is 12.4. The van der Waals surface area contributed by atoms with E-state index in [-0.39, 0.29) is 28.9 Å². The van der Waals surface area contributed by atoms with Gasteiger partial charge in [-0.2, -0.15) is 0 Å². The number of nitrogens with zero attached hydrogens (tertiary/aromatic N) is 2. The van der Waals surface area contributed by atoms with E-state index in [2.05, 4.69) is 25.3 Å². The fraction of sp³-hybridized carbons (Fsp3) is 0.0500. The Kier molecular flexibility index (Phi) is 5.71. The second kappa shape index (κ2) is 8.54. The molecule has 2 aromatic heterocycles. The molecule has 3 rings (SSSR count). The van der Waals surface area contributed by atoms with Crippen LogP contribution in [-0.4, -0.2) is 34.9 Å². The van der Waals surface area contributed by atoms with E-state index in [0.717, 1.165) is 0 Å². The highest BCUT2D eigenvalue weighted by Gasteiger charge is 2.13. The zero-order valence-electron chi connectivity index (χ0n) is 14.9. The number of hydrogen-bond acceptors (Lipinski definition) is 6. The van der Waals surface area contributed by atoms with Crippen LogP contribution in [0.2, 0.25) is 0 Å². The van der Waals surface area contributed by atoms with Gasteiger partial charge in [-0.05, 0) is 36.4 Å². The molecule has 0 spiro atoms. The molecular weight excluding hydrogens is 360 g/mol. The van der Waals surface area contributed by atoms with Crippen molar-refractivity contribution < 1.29 is 19.1 Å². The quantitative estimate of drug-likeness (QED) is 0.663. The van der Waals surface area contributed by atoms with Crippen molar-refractivity contribution in [1.82, 2.24) is 9.97 Å². The molecule has 3 aromatic rings. The minimum Gasteiger partial charge on any atom is -0.464 e. The van der Waals surface area contributed by atoms with Crippen LogP contribution in [0, 0.1) is 0 Å². The minimum atomic E-state index is -0.611. The average molecular weight is 376 g/mol. The molecule has 0 aliphatic carbocycles. The smallest absolute Gasteiger partial charge is 0.356 e. The maximum absolute atomic E-state index is 12.4. The molecule has 0 atom stereocenters. The Balaban J connectivity index is 1.72. The molecule has 2 N–H and O–H groups in total. The van der Waals surface area contributed by atoms with Gasteiger partial charge in [-0.15, -0.1) is 0 Å². The van der Waals surface area contributed by atoms with Crippen LogP contribution in [0.4, 0.5) is 11.6 Å². The van der Waals surface area contributed by atoms with Crippen molar-refractivity contribution in [2.24, 2.45) is 0 Å². The number of amides is 2. The van der Waals surface area contributed by atoms with Crippen LogP contribution in [-0.2, 0) is 4.74 Å². The Morgan fingerprint density at radius 3 is 1.93 bits per heavy atom. The number of carbonyl (C=O) groups excluding carboxylic acids is 3. The molecule has 0 saturated heterocycles. The molecule has 0 fully saturated rings. The molecular formula is C20H16N4O4. The summed E-state index contributed by atoms with van der Waals surface area (Å²) >= 11 is 0. The van der Waals surface area contributed by atoms with Crippen molar-refractivity contribution in [1.29, 1.82) is 0 Å². The first-order valence-corrected chi connectivity index (χ1v) is 8.27. The molecule has 0 saturated carbocycles. The topological polar surface area (TPSA) is 110 Å².